The van der Waals surface area contributed by atoms with Crippen molar-refractivity contribution >= 4 is 44.9 Å². The van der Waals surface area contributed by atoms with Crippen molar-refractivity contribution in [2.75, 3.05) is 19.0 Å². The maximum atomic E-state index is 14.2. The van der Waals surface area contributed by atoms with E-state index in [1.165, 1.54) is 11.3 Å². The highest BCUT2D eigenvalue weighted by molar-refractivity contribution is 9.10. The summed E-state index contributed by atoms with van der Waals surface area (Å²) >= 11 is 4.73. The van der Waals surface area contributed by atoms with Gasteiger partial charge in [0, 0.05) is 10.2 Å². The molecule has 0 saturated heterocycles. The summed E-state index contributed by atoms with van der Waals surface area (Å²) in [5.74, 6) is 1.52. The lowest BCUT2D eigenvalue weighted by atomic mass is 9.95. The first kappa shape index (κ1) is 32.0. The Morgan fingerprint density at radius 2 is 1.72 bits per heavy atom. The van der Waals surface area contributed by atoms with Gasteiger partial charge in [0.25, 0.3) is 11.5 Å². The van der Waals surface area contributed by atoms with Gasteiger partial charge in [-0.05, 0) is 85.1 Å². The molecule has 0 spiro atoms. The number of nitrogens with one attached hydrogen (secondary N) is 1. The van der Waals surface area contributed by atoms with Gasteiger partial charge in [-0.15, -0.1) is 0 Å². The number of ether oxygens (including phenoxy) is 3. The van der Waals surface area contributed by atoms with Gasteiger partial charge in [0.1, 0.15) is 12.4 Å². The first-order chi connectivity index (χ1) is 22.8. The zero-order valence-corrected chi connectivity index (χ0v) is 28.4. The number of benzene rings is 4. The minimum Gasteiger partial charge on any atom is -0.494 e. The molecule has 1 N–H and O–H groups in total. The maximum absolute atomic E-state index is 14.2. The van der Waals surface area contributed by atoms with Gasteiger partial charge >= 0.3 is 0 Å². The molecule has 1 aliphatic rings. The molecule has 1 aliphatic heterocycles. The first-order valence-corrected chi connectivity index (χ1v) is 16.6. The van der Waals surface area contributed by atoms with Crippen LogP contribution < -0.4 is 34.4 Å². The van der Waals surface area contributed by atoms with Crippen LogP contribution in [-0.2, 0) is 11.4 Å². The molecule has 8 nitrogen and oxygen atoms in total. The summed E-state index contributed by atoms with van der Waals surface area (Å²) in [4.78, 5) is 33.2. The number of hydrogen-bond donors (Lipinski definition) is 1. The minimum atomic E-state index is -0.697. The van der Waals surface area contributed by atoms with Crippen LogP contribution in [0, 0.1) is 0 Å². The highest BCUT2D eigenvalue weighted by atomic mass is 79.9. The van der Waals surface area contributed by atoms with Crippen LogP contribution in [0.4, 0.5) is 5.69 Å². The SMILES string of the molecule is CCOc1ccc([C@@H]2C(C(=O)Nc3ccccc3)=C(C)N=c3s/c(=C\c4ccc(OCc5ccc(Br)cc5)c(OC)c4)c(=O)n32)cc1. The number of nitrogens with zero attached hydrogens (tertiary/aromatic N) is 2. The van der Waals surface area contributed by atoms with E-state index < -0.39 is 6.04 Å². The van der Waals surface area contributed by atoms with Gasteiger partial charge in [0.05, 0.1) is 35.6 Å². The van der Waals surface area contributed by atoms with E-state index >= 15 is 0 Å². The average molecular weight is 711 g/mol. The van der Waals surface area contributed by atoms with Gasteiger partial charge in [-0.1, -0.05) is 75.8 Å². The van der Waals surface area contributed by atoms with Crippen molar-refractivity contribution in [3.8, 4) is 17.2 Å². The normalized spacial score (nSPS) is 14.3. The second-order valence-electron chi connectivity index (χ2n) is 10.7. The molecule has 0 radical (unpaired) electrons. The summed E-state index contributed by atoms with van der Waals surface area (Å²) in [5.41, 5.74) is 3.89. The summed E-state index contributed by atoms with van der Waals surface area (Å²) in [6.07, 6.45) is 1.81. The predicted molar refractivity (Wildman–Crippen MR) is 188 cm³/mol. The summed E-state index contributed by atoms with van der Waals surface area (Å²) in [7, 11) is 1.58. The smallest absolute Gasteiger partial charge is 0.271 e. The second kappa shape index (κ2) is 14.2. The number of aromatic nitrogens is 1. The number of anilines is 1. The lowest BCUT2D eigenvalue weighted by molar-refractivity contribution is -0.113. The number of amides is 1. The molecule has 0 unspecified atom stereocenters. The van der Waals surface area contributed by atoms with Crippen LogP contribution in [-0.4, -0.2) is 24.2 Å². The summed E-state index contributed by atoms with van der Waals surface area (Å²) in [6, 6.07) is 29.5. The molecule has 1 aromatic heterocycles. The fourth-order valence-electron chi connectivity index (χ4n) is 5.35. The van der Waals surface area contributed by atoms with Gasteiger partial charge in [0.15, 0.2) is 16.3 Å². The number of thiazole rings is 1. The lowest BCUT2D eigenvalue weighted by Gasteiger charge is -2.25. The zero-order valence-electron chi connectivity index (χ0n) is 26.0. The number of carbonyl (C=O) groups excluding carboxylic acids is 1. The number of hydrogen-bond acceptors (Lipinski definition) is 7. The molecule has 1 atom stereocenters. The van der Waals surface area contributed by atoms with Gasteiger partial charge in [0.2, 0.25) is 0 Å². The second-order valence-corrected chi connectivity index (χ2v) is 12.7. The number of carbonyl (C=O) groups is 1. The Labute approximate surface area is 284 Å². The third-order valence-corrected chi connectivity index (χ3v) is 9.11. The third kappa shape index (κ3) is 7.08. The Bertz CT molecular complexity index is 2120. The fourth-order valence-corrected chi connectivity index (χ4v) is 6.66. The molecular formula is C37H32BrN3O5S. The van der Waals surface area contributed by atoms with Crippen LogP contribution in [0.2, 0.25) is 0 Å². The molecule has 6 rings (SSSR count). The van der Waals surface area contributed by atoms with E-state index in [0.29, 0.717) is 56.8 Å². The number of allylic oxidation sites excluding steroid dienone is 1. The quantitative estimate of drug-likeness (QED) is 0.176. The number of para-hydroxylation sites is 1. The number of rotatable bonds is 10. The lowest BCUT2D eigenvalue weighted by Crippen LogP contribution is -2.40. The Hall–Kier alpha value is -4.93. The first-order valence-electron chi connectivity index (χ1n) is 15.0. The van der Waals surface area contributed by atoms with Crippen molar-refractivity contribution in [3.05, 3.63) is 149 Å². The number of fused-ring (bicyclic) bond motifs is 1. The van der Waals surface area contributed by atoms with Crippen LogP contribution in [0.25, 0.3) is 6.08 Å². The minimum absolute atomic E-state index is 0.250. The van der Waals surface area contributed by atoms with E-state index in [2.05, 4.69) is 21.2 Å². The molecule has 0 fully saturated rings. The van der Waals surface area contributed by atoms with Crippen LogP contribution in [0.5, 0.6) is 17.2 Å². The summed E-state index contributed by atoms with van der Waals surface area (Å²) < 4.78 is 20.4. The standard InChI is InChI=1S/C37H32BrN3O5S/c1-4-45-29-17-13-26(14-18-29)34-33(35(42)40-28-8-6-5-7-9-28)23(2)39-37-41(34)36(43)32(47-37)21-25-12-19-30(31(20-25)44-3)46-22-24-10-15-27(38)16-11-24/h5-21,34H,4,22H2,1-3H3,(H,40,42)/b32-21-/t34-/m1/s1. The Kier molecular flexibility index (Phi) is 9.70. The van der Waals surface area contributed by atoms with E-state index in [1.807, 2.05) is 110 Å². The Balaban J connectivity index is 1.37. The molecule has 0 bridgehead atoms. The van der Waals surface area contributed by atoms with Gasteiger partial charge in [-0.2, -0.15) is 0 Å². The third-order valence-electron chi connectivity index (χ3n) is 7.60. The van der Waals surface area contributed by atoms with Crippen LogP contribution in [0.1, 0.15) is 36.6 Å². The molecule has 0 aliphatic carbocycles. The Morgan fingerprint density at radius 1 is 0.979 bits per heavy atom. The van der Waals surface area contributed by atoms with E-state index in [4.69, 9.17) is 19.2 Å². The zero-order chi connectivity index (χ0) is 32.9. The summed E-state index contributed by atoms with van der Waals surface area (Å²) in [6.45, 7) is 4.63. The van der Waals surface area contributed by atoms with Gasteiger partial charge in [-0.3, -0.25) is 14.2 Å². The van der Waals surface area contributed by atoms with Gasteiger partial charge < -0.3 is 19.5 Å². The van der Waals surface area contributed by atoms with E-state index in [0.717, 1.165) is 21.2 Å². The fraction of sp³-hybridized carbons (Fsp3) is 0.162. The average Bonchev–Trinajstić information content (AvgIpc) is 3.38. The molecule has 5 aromatic rings. The molecular weight excluding hydrogens is 678 g/mol. The van der Waals surface area contributed by atoms with Crippen LogP contribution in [0.15, 0.2) is 123 Å². The molecule has 238 valence electrons. The summed E-state index contributed by atoms with van der Waals surface area (Å²) in [5, 5.41) is 2.98. The monoisotopic (exact) mass is 709 g/mol. The number of methoxy groups -OCH3 is 1. The van der Waals surface area contributed by atoms with E-state index in [1.54, 1.807) is 18.6 Å². The largest absolute Gasteiger partial charge is 0.494 e. The van der Waals surface area contributed by atoms with E-state index in [9.17, 15) is 9.59 Å². The molecule has 0 saturated carbocycles. The molecule has 10 heteroatoms. The van der Waals surface area contributed by atoms with Gasteiger partial charge in [-0.25, -0.2) is 4.99 Å². The Morgan fingerprint density at radius 3 is 2.43 bits per heavy atom. The van der Waals surface area contributed by atoms with Crippen molar-refractivity contribution in [3.63, 3.8) is 0 Å². The van der Waals surface area contributed by atoms with Crippen molar-refractivity contribution in [2.45, 2.75) is 26.5 Å². The maximum Gasteiger partial charge on any atom is 0.271 e. The van der Waals surface area contributed by atoms with E-state index in [-0.39, 0.29) is 11.5 Å². The van der Waals surface area contributed by atoms with Crippen LogP contribution in [0.3, 0.4) is 0 Å². The topological polar surface area (TPSA) is 91.2 Å². The highest BCUT2D eigenvalue weighted by Crippen LogP contribution is 2.32. The number of halogens is 1. The molecule has 4 aromatic carbocycles. The van der Waals surface area contributed by atoms with Crippen LogP contribution >= 0.6 is 27.3 Å². The molecule has 2 heterocycles. The van der Waals surface area contributed by atoms with Crippen molar-refractivity contribution in [1.29, 1.82) is 0 Å². The van der Waals surface area contributed by atoms with Crippen molar-refractivity contribution in [1.82, 2.24) is 4.57 Å². The van der Waals surface area contributed by atoms with Crippen molar-refractivity contribution in [2.24, 2.45) is 4.99 Å². The van der Waals surface area contributed by atoms with Crippen molar-refractivity contribution < 1.29 is 19.0 Å². The highest BCUT2D eigenvalue weighted by Gasteiger charge is 2.32. The molecule has 47 heavy (non-hydrogen) atoms. The predicted octanol–water partition coefficient (Wildman–Crippen LogP) is 6.62. The molecule has 1 amide bonds.